The third kappa shape index (κ3) is 3.57. The Morgan fingerprint density at radius 3 is 2.79 bits per heavy atom. The SMILES string of the molecule is CC(=O)CC1CCCN1C(=O)Cc1ccccc1Cl. The third-order valence-electron chi connectivity index (χ3n) is 3.52. The molecule has 0 N–H and O–H groups in total. The molecule has 1 unspecified atom stereocenters. The van der Waals surface area contributed by atoms with E-state index < -0.39 is 0 Å². The van der Waals surface area contributed by atoms with Gasteiger partial charge in [0.2, 0.25) is 5.91 Å². The van der Waals surface area contributed by atoms with Crippen molar-refractivity contribution in [1.82, 2.24) is 4.90 Å². The van der Waals surface area contributed by atoms with Gasteiger partial charge in [-0.1, -0.05) is 29.8 Å². The molecule has 1 atom stereocenters. The van der Waals surface area contributed by atoms with Crippen LogP contribution in [-0.4, -0.2) is 29.2 Å². The van der Waals surface area contributed by atoms with Gasteiger partial charge < -0.3 is 4.90 Å². The number of ketones is 1. The van der Waals surface area contributed by atoms with E-state index in [1.165, 1.54) is 0 Å². The molecule has 0 saturated carbocycles. The van der Waals surface area contributed by atoms with Crippen LogP contribution in [0.1, 0.15) is 31.7 Å². The van der Waals surface area contributed by atoms with Crippen molar-refractivity contribution in [2.75, 3.05) is 6.54 Å². The first-order chi connectivity index (χ1) is 9.08. The molecule has 0 aliphatic carbocycles. The number of amides is 1. The molecular formula is C15H18ClNO2. The van der Waals surface area contributed by atoms with Gasteiger partial charge in [0.15, 0.2) is 0 Å². The van der Waals surface area contributed by atoms with Crippen molar-refractivity contribution in [1.29, 1.82) is 0 Å². The van der Waals surface area contributed by atoms with Gasteiger partial charge in [-0.15, -0.1) is 0 Å². The number of hydrogen-bond donors (Lipinski definition) is 0. The molecule has 4 heteroatoms. The summed E-state index contributed by atoms with van der Waals surface area (Å²) in [6.45, 7) is 2.33. The Hall–Kier alpha value is -1.35. The lowest BCUT2D eigenvalue weighted by atomic mass is 10.1. The highest BCUT2D eigenvalue weighted by molar-refractivity contribution is 6.31. The topological polar surface area (TPSA) is 37.4 Å². The summed E-state index contributed by atoms with van der Waals surface area (Å²) < 4.78 is 0. The molecule has 2 rings (SSSR count). The lowest BCUT2D eigenvalue weighted by Crippen LogP contribution is -2.37. The van der Waals surface area contributed by atoms with Crippen LogP contribution in [0.15, 0.2) is 24.3 Å². The predicted molar refractivity (Wildman–Crippen MR) is 75.2 cm³/mol. The lowest BCUT2D eigenvalue weighted by molar-refractivity contribution is -0.132. The van der Waals surface area contributed by atoms with E-state index in [0.717, 1.165) is 24.9 Å². The second kappa shape index (κ2) is 6.20. The van der Waals surface area contributed by atoms with Gasteiger partial charge in [-0.05, 0) is 31.4 Å². The molecule has 0 radical (unpaired) electrons. The van der Waals surface area contributed by atoms with Crippen LogP contribution in [0.3, 0.4) is 0 Å². The smallest absolute Gasteiger partial charge is 0.227 e. The van der Waals surface area contributed by atoms with Gasteiger partial charge in [0.05, 0.1) is 6.42 Å². The molecule has 1 saturated heterocycles. The molecule has 1 fully saturated rings. The first-order valence-electron chi connectivity index (χ1n) is 6.60. The maximum absolute atomic E-state index is 12.3. The second-order valence-corrected chi connectivity index (χ2v) is 5.46. The van der Waals surface area contributed by atoms with Gasteiger partial charge >= 0.3 is 0 Å². The summed E-state index contributed by atoms with van der Waals surface area (Å²) in [5, 5.41) is 0.623. The van der Waals surface area contributed by atoms with Crippen molar-refractivity contribution in [2.45, 2.75) is 38.6 Å². The van der Waals surface area contributed by atoms with E-state index in [9.17, 15) is 9.59 Å². The predicted octanol–water partition coefficient (Wildman–Crippen LogP) is 2.85. The highest BCUT2D eigenvalue weighted by atomic mass is 35.5. The van der Waals surface area contributed by atoms with E-state index >= 15 is 0 Å². The highest BCUT2D eigenvalue weighted by Crippen LogP contribution is 2.23. The zero-order valence-corrected chi connectivity index (χ0v) is 11.8. The Labute approximate surface area is 118 Å². The standard InChI is InChI=1S/C15H18ClNO2/c1-11(18)9-13-6-4-8-17(13)15(19)10-12-5-2-3-7-14(12)16/h2-3,5,7,13H,4,6,8-10H2,1H3. The molecule has 1 heterocycles. The zero-order valence-electron chi connectivity index (χ0n) is 11.1. The molecule has 1 aromatic carbocycles. The summed E-state index contributed by atoms with van der Waals surface area (Å²) in [6.07, 6.45) is 2.68. The maximum Gasteiger partial charge on any atom is 0.227 e. The molecule has 3 nitrogen and oxygen atoms in total. The average Bonchev–Trinajstić information content (AvgIpc) is 2.79. The monoisotopic (exact) mass is 279 g/mol. The van der Waals surface area contributed by atoms with Gasteiger partial charge in [-0.3, -0.25) is 9.59 Å². The van der Waals surface area contributed by atoms with Crippen molar-refractivity contribution in [2.24, 2.45) is 0 Å². The van der Waals surface area contributed by atoms with Gasteiger partial charge in [0, 0.05) is 24.0 Å². The van der Waals surface area contributed by atoms with Gasteiger partial charge in [-0.25, -0.2) is 0 Å². The first-order valence-corrected chi connectivity index (χ1v) is 6.98. The van der Waals surface area contributed by atoms with Crippen molar-refractivity contribution in [3.05, 3.63) is 34.9 Å². The van der Waals surface area contributed by atoms with Gasteiger partial charge in [0.25, 0.3) is 0 Å². The van der Waals surface area contributed by atoms with E-state index in [1.54, 1.807) is 13.0 Å². The van der Waals surface area contributed by atoms with E-state index in [1.807, 2.05) is 23.1 Å². The number of carbonyl (C=O) groups is 2. The average molecular weight is 280 g/mol. The molecule has 1 aliphatic rings. The Bertz CT molecular complexity index is 487. The third-order valence-corrected chi connectivity index (χ3v) is 3.89. The fourth-order valence-corrected chi connectivity index (χ4v) is 2.82. The van der Waals surface area contributed by atoms with Crippen LogP contribution < -0.4 is 0 Å². The molecule has 1 amide bonds. The van der Waals surface area contributed by atoms with Crippen LogP contribution in [0.5, 0.6) is 0 Å². The Balaban J connectivity index is 2.03. The van der Waals surface area contributed by atoms with E-state index in [-0.39, 0.29) is 17.7 Å². The number of hydrogen-bond acceptors (Lipinski definition) is 2. The van der Waals surface area contributed by atoms with E-state index in [0.29, 0.717) is 17.9 Å². The van der Waals surface area contributed by atoms with E-state index in [4.69, 9.17) is 11.6 Å². The largest absolute Gasteiger partial charge is 0.339 e. The summed E-state index contributed by atoms with van der Waals surface area (Å²) in [5.74, 6) is 0.208. The maximum atomic E-state index is 12.3. The summed E-state index contributed by atoms with van der Waals surface area (Å²) >= 11 is 6.07. The number of nitrogens with zero attached hydrogens (tertiary/aromatic N) is 1. The number of carbonyl (C=O) groups excluding carboxylic acids is 2. The Morgan fingerprint density at radius 1 is 1.37 bits per heavy atom. The molecule has 1 aliphatic heterocycles. The van der Waals surface area contributed by atoms with Crippen molar-refractivity contribution in [3.63, 3.8) is 0 Å². The summed E-state index contributed by atoms with van der Waals surface area (Å²) in [4.78, 5) is 25.4. The summed E-state index contributed by atoms with van der Waals surface area (Å²) in [6, 6.07) is 7.47. The minimum absolute atomic E-state index is 0.0665. The first kappa shape index (κ1) is 14.1. The van der Waals surface area contributed by atoms with Crippen LogP contribution in [0, 0.1) is 0 Å². The fourth-order valence-electron chi connectivity index (χ4n) is 2.61. The second-order valence-electron chi connectivity index (χ2n) is 5.06. The van der Waals surface area contributed by atoms with Crippen LogP contribution in [0.2, 0.25) is 5.02 Å². The molecule has 102 valence electrons. The fraction of sp³-hybridized carbons (Fsp3) is 0.467. The Morgan fingerprint density at radius 2 is 2.11 bits per heavy atom. The number of benzene rings is 1. The highest BCUT2D eigenvalue weighted by Gasteiger charge is 2.29. The molecule has 19 heavy (non-hydrogen) atoms. The molecule has 0 spiro atoms. The van der Waals surface area contributed by atoms with E-state index in [2.05, 4.69) is 0 Å². The van der Waals surface area contributed by atoms with Crippen LogP contribution in [0.4, 0.5) is 0 Å². The lowest BCUT2D eigenvalue weighted by Gasteiger charge is -2.24. The number of Topliss-reactive ketones (excluding diaryl/α,β-unsaturated/α-hetero) is 1. The normalized spacial score (nSPS) is 18.6. The number of rotatable bonds is 4. The summed E-state index contributed by atoms with van der Waals surface area (Å²) in [5.41, 5.74) is 0.850. The van der Waals surface area contributed by atoms with Crippen LogP contribution in [0.25, 0.3) is 0 Å². The molecule has 0 bridgehead atoms. The minimum Gasteiger partial charge on any atom is -0.339 e. The van der Waals surface area contributed by atoms with Crippen molar-refractivity contribution in [3.8, 4) is 0 Å². The minimum atomic E-state index is 0.0665. The molecule has 1 aromatic rings. The zero-order chi connectivity index (χ0) is 13.8. The van der Waals surface area contributed by atoms with Crippen LogP contribution in [-0.2, 0) is 16.0 Å². The molecular weight excluding hydrogens is 262 g/mol. The van der Waals surface area contributed by atoms with Gasteiger partial charge in [0.1, 0.15) is 5.78 Å². The van der Waals surface area contributed by atoms with Gasteiger partial charge in [-0.2, -0.15) is 0 Å². The summed E-state index contributed by atoms with van der Waals surface area (Å²) in [7, 11) is 0. The van der Waals surface area contributed by atoms with Crippen molar-refractivity contribution >= 4 is 23.3 Å². The van der Waals surface area contributed by atoms with Crippen molar-refractivity contribution < 1.29 is 9.59 Å². The quantitative estimate of drug-likeness (QED) is 0.850. The number of likely N-dealkylation sites (tertiary alicyclic amines) is 1. The number of halogens is 1. The molecule has 0 aromatic heterocycles. The Kier molecular flexibility index (Phi) is 4.59. The van der Waals surface area contributed by atoms with Crippen LogP contribution >= 0.6 is 11.6 Å².